The lowest BCUT2D eigenvalue weighted by atomic mass is 9.99. The zero-order chi connectivity index (χ0) is 30.1. The van der Waals surface area contributed by atoms with Crippen LogP contribution < -0.4 is 0 Å². The van der Waals surface area contributed by atoms with Gasteiger partial charge in [0.2, 0.25) is 0 Å². The minimum Gasteiger partial charge on any atom is -0.457 e. The summed E-state index contributed by atoms with van der Waals surface area (Å²) in [5.74, 6) is -0.355. The maximum atomic E-state index is 12.4. The highest BCUT2D eigenvalue weighted by Gasteiger charge is 2.44. The van der Waals surface area contributed by atoms with Gasteiger partial charge in [0.15, 0.2) is 6.29 Å². The molecule has 0 aromatic heterocycles. The molecule has 6 unspecified atom stereocenters. The van der Waals surface area contributed by atoms with Gasteiger partial charge >= 0.3 is 5.97 Å². The summed E-state index contributed by atoms with van der Waals surface area (Å²) in [4.78, 5) is 12.4. The van der Waals surface area contributed by atoms with E-state index in [4.69, 9.17) is 18.9 Å². The molecule has 1 rings (SSSR count). The molecule has 6 atom stereocenters. The molecule has 9 nitrogen and oxygen atoms in total. The van der Waals surface area contributed by atoms with Gasteiger partial charge in [0.05, 0.1) is 19.8 Å². The molecule has 0 aromatic carbocycles. The molecule has 0 saturated carbocycles. The maximum Gasteiger partial charge on any atom is 0.306 e. The average Bonchev–Trinajstić information content (AvgIpc) is 2.97. The van der Waals surface area contributed by atoms with E-state index >= 15 is 0 Å². The summed E-state index contributed by atoms with van der Waals surface area (Å²) in [5.41, 5.74) is 0. The minimum atomic E-state index is -1.54. The average molecular weight is 583 g/mol. The Bertz CT molecular complexity index is 762. The summed E-state index contributed by atoms with van der Waals surface area (Å²) in [7, 11) is 0. The van der Waals surface area contributed by atoms with Crippen molar-refractivity contribution in [2.75, 3.05) is 26.4 Å². The van der Waals surface area contributed by atoms with E-state index in [-0.39, 0.29) is 19.2 Å². The number of hydrogen-bond acceptors (Lipinski definition) is 9. The quantitative estimate of drug-likeness (QED) is 0.0791. The normalized spacial score (nSPS) is 24.3. The van der Waals surface area contributed by atoms with E-state index in [1.807, 2.05) is 0 Å². The van der Waals surface area contributed by atoms with Crippen molar-refractivity contribution in [3.8, 4) is 0 Å². The number of ether oxygens (including phenoxy) is 4. The molecule has 1 heterocycles. The Kier molecular flexibility index (Phi) is 22.4. The van der Waals surface area contributed by atoms with Crippen LogP contribution in [-0.4, -0.2) is 89.6 Å². The molecule has 9 heteroatoms. The first-order valence-electron chi connectivity index (χ1n) is 15.2. The standard InChI is InChI=1S/C32H54O9/c1-3-5-7-9-10-11-12-13-14-15-16-17-18-20-22-38-24-26(40-28(34)21-19-8-6-4-2)25-39-32-31(37)30(36)29(35)27(23-33)41-32/h5,7,10-11,13-14,16-17,26-27,29-33,35-37H,3-4,6,8-9,12,15,18-25H2,1-2H3/b7-5-,11-10-,14-13-,17-16-. The van der Waals surface area contributed by atoms with Crippen molar-refractivity contribution in [3.05, 3.63) is 48.6 Å². The number of carbonyl (C=O) groups is 1. The van der Waals surface area contributed by atoms with Crippen LogP contribution in [0.5, 0.6) is 0 Å². The third kappa shape index (κ3) is 17.6. The highest BCUT2D eigenvalue weighted by atomic mass is 16.7. The summed E-state index contributed by atoms with van der Waals surface area (Å²) in [6, 6.07) is 0. The number of esters is 1. The van der Waals surface area contributed by atoms with Crippen LogP contribution in [0.1, 0.15) is 84.5 Å². The molecule has 0 bridgehead atoms. The van der Waals surface area contributed by atoms with Crippen LogP contribution in [0.25, 0.3) is 0 Å². The highest BCUT2D eigenvalue weighted by Crippen LogP contribution is 2.22. The van der Waals surface area contributed by atoms with Crippen molar-refractivity contribution in [1.82, 2.24) is 0 Å². The zero-order valence-corrected chi connectivity index (χ0v) is 25.0. The number of carbonyl (C=O) groups excluding carboxylic acids is 1. The lowest BCUT2D eigenvalue weighted by molar-refractivity contribution is -0.305. The SMILES string of the molecule is CC/C=C\C/C=C\C/C=C\C/C=C\CCCOCC(COC1OC(CO)C(O)C(O)C1O)OC(=O)CCCCCC. The Morgan fingerprint density at radius 1 is 0.805 bits per heavy atom. The van der Waals surface area contributed by atoms with Gasteiger partial charge in [-0.25, -0.2) is 0 Å². The molecule has 0 radical (unpaired) electrons. The van der Waals surface area contributed by atoms with Crippen LogP contribution in [0.3, 0.4) is 0 Å². The third-order valence-corrected chi connectivity index (χ3v) is 6.51. The van der Waals surface area contributed by atoms with E-state index in [9.17, 15) is 25.2 Å². The monoisotopic (exact) mass is 582 g/mol. The second kappa shape index (κ2) is 24.7. The molecular weight excluding hydrogens is 528 g/mol. The van der Waals surface area contributed by atoms with E-state index < -0.39 is 43.4 Å². The molecule has 0 amide bonds. The number of allylic oxidation sites excluding steroid dienone is 8. The van der Waals surface area contributed by atoms with Gasteiger partial charge in [-0.1, -0.05) is 81.7 Å². The smallest absolute Gasteiger partial charge is 0.306 e. The molecule has 41 heavy (non-hydrogen) atoms. The van der Waals surface area contributed by atoms with Crippen molar-refractivity contribution in [1.29, 1.82) is 0 Å². The van der Waals surface area contributed by atoms with Gasteiger partial charge in [0, 0.05) is 13.0 Å². The third-order valence-electron chi connectivity index (χ3n) is 6.51. The fraction of sp³-hybridized carbons (Fsp3) is 0.719. The summed E-state index contributed by atoms with van der Waals surface area (Å²) in [6.07, 6.45) is 19.2. The first-order valence-corrected chi connectivity index (χ1v) is 15.2. The molecule has 0 aliphatic carbocycles. The van der Waals surface area contributed by atoms with Gasteiger partial charge in [-0.05, 0) is 44.9 Å². The molecule has 0 spiro atoms. The number of hydrogen-bond donors (Lipinski definition) is 4. The molecule has 1 saturated heterocycles. The Balaban J connectivity index is 2.40. The van der Waals surface area contributed by atoms with Gasteiger partial charge in [0.1, 0.15) is 30.5 Å². The summed E-state index contributed by atoms with van der Waals surface area (Å²) in [5, 5.41) is 39.5. The van der Waals surface area contributed by atoms with E-state index in [1.165, 1.54) is 0 Å². The highest BCUT2D eigenvalue weighted by molar-refractivity contribution is 5.69. The van der Waals surface area contributed by atoms with Crippen molar-refractivity contribution >= 4 is 5.97 Å². The zero-order valence-electron chi connectivity index (χ0n) is 25.0. The van der Waals surface area contributed by atoms with Crippen molar-refractivity contribution in [2.45, 2.75) is 121 Å². The molecule has 1 fully saturated rings. The lowest BCUT2D eigenvalue weighted by Gasteiger charge is -2.39. The van der Waals surface area contributed by atoms with Crippen LogP contribution >= 0.6 is 0 Å². The predicted molar refractivity (Wildman–Crippen MR) is 159 cm³/mol. The molecule has 1 aliphatic rings. The van der Waals surface area contributed by atoms with Gasteiger partial charge in [-0.15, -0.1) is 0 Å². The molecule has 4 N–H and O–H groups in total. The Labute approximate surface area is 246 Å². The van der Waals surface area contributed by atoms with E-state index in [0.29, 0.717) is 13.0 Å². The Morgan fingerprint density at radius 2 is 1.46 bits per heavy atom. The van der Waals surface area contributed by atoms with E-state index in [1.54, 1.807) is 0 Å². The van der Waals surface area contributed by atoms with Gasteiger partial charge in [0.25, 0.3) is 0 Å². The lowest BCUT2D eigenvalue weighted by Crippen LogP contribution is -2.59. The summed E-state index contributed by atoms with van der Waals surface area (Å²) < 4.78 is 22.3. The Morgan fingerprint density at radius 3 is 2.10 bits per heavy atom. The van der Waals surface area contributed by atoms with Crippen molar-refractivity contribution in [2.24, 2.45) is 0 Å². The summed E-state index contributed by atoms with van der Waals surface area (Å²) >= 11 is 0. The number of unbranched alkanes of at least 4 members (excludes halogenated alkanes) is 4. The summed E-state index contributed by atoms with van der Waals surface area (Å²) in [6.45, 7) is 4.12. The Hall–Kier alpha value is -1.85. The predicted octanol–water partition coefficient (Wildman–Crippen LogP) is 4.29. The minimum absolute atomic E-state index is 0.103. The second-order valence-electron chi connectivity index (χ2n) is 10.2. The van der Waals surface area contributed by atoms with Crippen LogP contribution in [0.2, 0.25) is 0 Å². The second-order valence-corrected chi connectivity index (χ2v) is 10.2. The first-order chi connectivity index (χ1) is 19.9. The molecule has 1 aliphatic heterocycles. The van der Waals surface area contributed by atoms with Crippen molar-refractivity contribution in [3.63, 3.8) is 0 Å². The maximum absolute atomic E-state index is 12.4. The van der Waals surface area contributed by atoms with Gasteiger partial charge in [-0.3, -0.25) is 4.79 Å². The van der Waals surface area contributed by atoms with Crippen molar-refractivity contribution < 1.29 is 44.2 Å². The number of aliphatic hydroxyl groups excluding tert-OH is 4. The van der Waals surface area contributed by atoms with Crippen LogP contribution in [0.15, 0.2) is 48.6 Å². The largest absolute Gasteiger partial charge is 0.457 e. The fourth-order valence-electron chi connectivity index (χ4n) is 4.08. The number of aliphatic hydroxyl groups is 4. The molecular formula is C32H54O9. The fourth-order valence-corrected chi connectivity index (χ4v) is 4.08. The first kappa shape index (κ1) is 37.2. The van der Waals surface area contributed by atoms with E-state index in [0.717, 1.165) is 64.2 Å². The van der Waals surface area contributed by atoms with Crippen LogP contribution in [0.4, 0.5) is 0 Å². The van der Waals surface area contributed by atoms with Gasteiger partial charge < -0.3 is 39.4 Å². The van der Waals surface area contributed by atoms with Crippen LogP contribution in [0, 0.1) is 0 Å². The molecule has 236 valence electrons. The van der Waals surface area contributed by atoms with E-state index in [2.05, 4.69) is 62.5 Å². The molecule has 0 aromatic rings. The van der Waals surface area contributed by atoms with Crippen LogP contribution in [-0.2, 0) is 23.7 Å². The van der Waals surface area contributed by atoms with Gasteiger partial charge in [-0.2, -0.15) is 0 Å². The topological polar surface area (TPSA) is 135 Å². The number of rotatable bonds is 23.